The number of benzene rings is 2. The van der Waals surface area contributed by atoms with Gasteiger partial charge < -0.3 is 15.0 Å². The largest absolute Gasteiger partial charge is 0.545 e. The minimum absolute atomic E-state index is 0.0562. The number of hydrogen-bond donors (Lipinski definition) is 2. The highest BCUT2D eigenvalue weighted by Crippen LogP contribution is 2.11. The molecule has 2 N–H and O–H groups in total. The van der Waals surface area contributed by atoms with Crippen molar-refractivity contribution in [3.63, 3.8) is 0 Å². The van der Waals surface area contributed by atoms with Crippen LogP contribution in [-0.2, 0) is 4.79 Å². The van der Waals surface area contributed by atoms with Gasteiger partial charge in [0.25, 0.3) is 5.91 Å². The molecule has 0 saturated carbocycles. The van der Waals surface area contributed by atoms with Gasteiger partial charge in [-0.1, -0.05) is 54.6 Å². The van der Waals surface area contributed by atoms with E-state index in [1.807, 2.05) is 0 Å². The Kier molecular flexibility index (Phi) is 5.00. The van der Waals surface area contributed by atoms with Crippen molar-refractivity contribution >= 4 is 18.1 Å². The van der Waals surface area contributed by atoms with E-state index in [2.05, 4.69) is 10.5 Å². The van der Waals surface area contributed by atoms with E-state index in [4.69, 9.17) is 0 Å². The van der Waals surface area contributed by atoms with Crippen LogP contribution < -0.4 is 10.5 Å². The predicted octanol–water partition coefficient (Wildman–Crippen LogP) is 0.234. The van der Waals surface area contributed by atoms with E-state index >= 15 is 0 Å². The molecular weight excluding hydrogens is 284 g/mol. The quantitative estimate of drug-likeness (QED) is 0.609. The Morgan fingerprint density at radius 3 is 2.32 bits per heavy atom. The molecule has 22 heavy (non-hydrogen) atoms. The molecule has 112 valence electrons. The van der Waals surface area contributed by atoms with E-state index in [-0.39, 0.29) is 5.56 Å². The maximum Gasteiger partial charge on any atom is 0.273 e. The van der Waals surface area contributed by atoms with E-state index in [1.165, 1.54) is 30.5 Å². The second-order valence-corrected chi connectivity index (χ2v) is 4.46. The Labute approximate surface area is 126 Å². The van der Waals surface area contributed by atoms with Gasteiger partial charge in [0.2, 0.25) is 0 Å². The first-order chi connectivity index (χ1) is 10.6. The Morgan fingerprint density at radius 2 is 1.73 bits per heavy atom. The summed E-state index contributed by atoms with van der Waals surface area (Å²) in [6.45, 7) is 0. The van der Waals surface area contributed by atoms with E-state index in [0.29, 0.717) is 11.1 Å². The molecule has 0 unspecified atom stereocenters. The SMILES string of the molecule is O=C([O-])c1ccc(/C=N\NC(=O)[C@H](O)c2ccccc2)cc1. The molecule has 0 spiro atoms. The van der Waals surface area contributed by atoms with Crippen LogP contribution in [0.1, 0.15) is 27.6 Å². The number of nitrogens with zero attached hydrogens (tertiary/aromatic N) is 1. The van der Waals surface area contributed by atoms with Gasteiger partial charge in [-0.3, -0.25) is 4.79 Å². The average Bonchev–Trinajstić information content (AvgIpc) is 2.55. The van der Waals surface area contributed by atoms with Gasteiger partial charge in [-0.2, -0.15) is 5.10 Å². The van der Waals surface area contributed by atoms with E-state index < -0.39 is 18.0 Å². The fourth-order valence-corrected chi connectivity index (χ4v) is 1.72. The van der Waals surface area contributed by atoms with Gasteiger partial charge in [0.15, 0.2) is 6.10 Å². The number of carboxylic acids is 1. The molecule has 0 heterocycles. The maximum atomic E-state index is 11.7. The lowest BCUT2D eigenvalue weighted by atomic mass is 10.1. The number of carboxylic acid groups (broad SMARTS) is 1. The van der Waals surface area contributed by atoms with Crippen LogP contribution in [0.4, 0.5) is 0 Å². The molecule has 0 aliphatic carbocycles. The van der Waals surface area contributed by atoms with Crippen LogP contribution in [0.3, 0.4) is 0 Å². The van der Waals surface area contributed by atoms with Crippen LogP contribution in [0.5, 0.6) is 0 Å². The number of aliphatic hydroxyl groups excluding tert-OH is 1. The van der Waals surface area contributed by atoms with E-state index in [9.17, 15) is 19.8 Å². The van der Waals surface area contributed by atoms with Crippen molar-refractivity contribution in [2.24, 2.45) is 5.10 Å². The van der Waals surface area contributed by atoms with Gasteiger partial charge in [-0.25, -0.2) is 5.43 Å². The zero-order valence-electron chi connectivity index (χ0n) is 11.5. The molecule has 0 aromatic heterocycles. The van der Waals surface area contributed by atoms with E-state index in [0.717, 1.165) is 0 Å². The zero-order valence-corrected chi connectivity index (χ0v) is 11.5. The third-order valence-corrected chi connectivity index (χ3v) is 2.90. The van der Waals surface area contributed by atoms with Gasteiger partial charge in [0.1, 0.15) is 0 Å². The summed E-state index contributed by atoms with van der Waals surface area (Å²) in [6, 6.07) is 14.3. The number of rotatable bonds is 5. The highest BCUT2D eigenvalue weighted by atomic mass is 16.4. The number of carbonyl (C=O) groups is 2. The molecule has 0 bridgehead atoms. The van der Waals surface area contributed by atoms with Crippen molar-refractivity contribution in [1.29, 1.82) is 0 Å². The number of aromatic carboxylic acids is 1. The van der Waals surface area contributed by atoms with Crippen molar-refractivity contribution in [3.8, 4) is 0 Å². The van der Waals surface area contributed by atoms with Crippen molar-refractivity contribution in [3.05, 3.63) is 71.3 Å². The summed E-state index contributed by atoms with van der Waals surface area (Å²) in [5.74, 6) is -1.92. The first kappa shape index (κ1) is 15.4. The second kappa shape index (κ2) is 7.14. The monoisotopic (exact) mass is 297 g/mol. The van der Waals surface area contributed by atoms with Gasteiger partial charge in [-0.15, -0.1) is 0 Å². The molecule has 0 saturated heterocycles. The smallest absolute Gasteiger partial charge is 0.273 e. The molecule has 1 atom stereocenters. The van der Waals surface area contributed by atoms with Crippen LogP contribution in [0.25, 0.3) is 0 Å². The molecule has 0 aliphatic rings. The maximum absolute atomic E-state index is 11.7. The topological polar surface area (TPSA) is 102 Å². The van der Waals surface area contributed by atoms with Crippen LogP contribution in [0.2, 0.25) is 0 Å². The normalized spacial score (nSPS) is 12.0. The lowest BCUT2D eigenvalue weighted by Gasteiger charge is -2.08. The molecule has 6 nitrogen and oxygen atoms in total. The number of amides is 1. The Bertz CT molecular complexity index is 681. The fraction of sp³-hybridized carbons (Fsp3) is 0.0625. The molecule has 2 rings (SSSR count). The molecule has 2 aromatic carbocycles. The summed E-state index contributed by atoms with van der Waals surface area (Å²) in [7, 11) is 0. The van der Waals surface area contributed by atoms with Gasteiger partial charge in [0.05, 0.1) is 12.2 Å². The summed E-state index contributed by atoms with van der Waals surface area (Å²) in [5, 5.41) is 24.1. The number of hydrazone groups is 1. The lowest BCUT2D eigenvalue weighted by molar-refractivity contribution is -0.255. The third-order valence-electron chi connectivity index (χ3n) is 2.90. The number of carbonyl (C=O) groups excluding carboxylic acids is 2. The summed E-state index contributed by atoms with van der Waals surface area (Å²) < 4.78 is 0. The molecule has 0 fully saturated rings. The first-order valence-electron chi connectivity index (χ1n) is 6.45. The predicted molar refractivity (Wildman–Crippen MR) is 77.9 cm³/mol. The summed E-state index contributed by atoms with van der Waals surface area (Å²) >= 11 is 0. The Balaban J connectivity index is 1.94. The van der Waals surface area contributed by atoms with Crippen LogP contribution in [0.15, 0.2) is 59.7 Å². The third kappa shape index (κ3) is 4.00. The van der Waals surface area contributed by atoms with Crippen molar-refractivity contribution in [2.45, 2.75) is 6.10 Å². The summed E-state index contributed by atoms with van der Waals surface area (Å²) in [5.41, 5.74) is 3.34. The summed E-state index contributed by atoms with van der Waals surface area (Å²) in [6.07, 6.45) is 0.0353. The molecule has 1 amide bonds. The number of aliphatic hydroxyl groups is 1. The van der Waals surface area contributed by atoms with Gasteiger partial charge in [-0.05, 0) is 16.7 Å². The summed E-state index contributed by atoms with van der Waals surface area (Å²) in [4.78, 5) is 22.3. The minimum Gasteiger partial charge on any atom is -0.545 e. The lowest BCUT2D eigenvalue weighted by Crippen LogP contribution is -2.25. The minimum atomic E-state index is -1.31. The van der Waals surface area contributed by atoms with E-state index in [1.54, 1.807) is 30.3 Å². The molecule has 2 aromatic rings. The molecule has 0 aliphatic heterocycles. The Morgan fingerprint density at radius 1 is 1.09 bits per heavy atom. The molecular formula is C16H13N2O4-. The molecule has 6 heteroatoms. The van der Waals surface area contributed by atoms with Crippen LogP contribution in [0, 0.1) is 0 Å². The second-order valence-electron chi connectivity index (χ2n) is 4.46. The first-order valence-corrected chi connectivity index (χ1v) is 6.45. The van der Waals surface area contributed by atoms with Crippen LogP contribution in [-0.4, -0.2) is 23.2 Å². The zero-order chi connectivity index (χ0) is 15.9. The van der Waals surface area contributed by atoms with Gasteiger partial charge >= 0.3 is 0 Å². The Hall–Kier alpha value is -2.99. The number of nitrogens with one attached hydrogen (secondary N) is 1. The highest BCUT2D eigenvalue weighted by molar-refractivity contribution is 5.88. The van der Waals surface area contributed by atoms with Crippen LogP contribution >= 0.6 is 0 Å². The molecule has 0 radical (unpaired) electrons. The highest BCUT2D eigenvalue weighted by Gasteiger charge is 2.15. The van der Waals surface area contributed by atoms with Crippen molar-refractivity contribution < 1.29 is 19.8 Å². The fourth-order valence-electron chi connectivity index (χ4n) is 1.72. The number of hydrogen-bond acceptors (Lipinski definition) is 5. The average molecular weight is 297 g/mol. The van der Waals surface area contributed by atoms with Crippen molar-refractivity contribution in [2.75, 3.05) is 0 Å². The van der Waals surface area contributed by atoms with Crippen molar-refractivity contribution in [1.82, 2.24) is 5.43 Å². The standard InChI is InChI=1S/C16H14N2O4/c19-14(12-4-2-1-3-5-12)15(20)18-17-10-11-6-8-13(9-7-11)16(21)22/h1-10,14,19H,(H,18,20)(H,21,22)/p-1/b17-10-/t14-/m1/s1. The van der Waals surface area contributed by atoms with Gasteiger partial charge in [0, 0.05) is 0 Å².